The number of likely N-dealkylation sites (tertiary alicyclic amines) is 1. The van der Waals surface area contributed by atoms with Crippen LogP contribution in [-0.4, -0.2) is 32.2 Å². The van der Waals surface area contributed by atoms with Crippen LogP contribution >= 0.6 is 0 Å². The van der Waals surface area contributed by atoms with Crippen molar-refractivity contribution in [1.29, 1.82) is 0 Å². The van der Waals surface area contributed by atoms with Crippen LogP contribution in [0.1, 0.15) is 55.4 Å². The quantitative estimate of drug-likeness (QED) is 0.908. The molecule has 1 atom stereocenters. The van der Waals surface area contributed by atoms with Crippen molar-refractivity contribution in [1.82, 2.24) is 19.7 Å². The van der Waals surface area contributed by atoms with E-state index in [1.165, 1.54) is 24.8 Å². The number of aromatic nitrogens is 3. The molecule has 1 aromatic heterocycles. The SMILES string of the molecule is Cc1ccc(NC(=O)N2CCC[C@H]2c2nnc3n2CCCCC3)cc1. The number of anilines is 1. The molecule has 2 aromatic rings. The summed E-state index contributed by atoms with van der Waals surface area (Å²) in [6.07, 6.45) is 6.55. The summed E-state index contributed by atoms with van der Waals surface area (Å²) in [5.41, 5.74) is 2.02. The molecule has 2 amide bonds. The van der Waals surface area contributed by atoms with E-state index in [0.29, 0.717) is 0 Å². The van der Waals surface area contributed by atoms with Gasteiger partial charge in [-0.15, -0.1) is 10.2 Å². The van der Waals surface area contributed by atoms with Gasteiger partial charge in [-0.25, -0.2) is 4.79 Å². The Bertz CT molecular complexity index is 752. The number of carbonyl (C=O) groups excluding carboxylic acids is 1. The number of nitrogens with zero attached hydrogens (tertiary/aromatic N) is 4. The van der Waals surface area contributed by atoms with E-state index in [1.807, 2.05) is 36.1 Å². The summed E-state index contributed by atoms with van der Waals surface area (Å²) in [6.45, 7) is 3.78. The van der Waals surface area contributed by atoms with E-state index in [2.05, 4.69) is 20.1 Å². The second kappa shape index (κ2) is 6.86. The molecule has 6 nitrogen and oxygen atoms in total. The lowest BCUT2D eigenvalue weighted by atomic mass is 10.2. The highest BCUT2D eigenvalue weighted by atomic mass is 16.2. The second-order valence-corrected chi connectivity index (χ2v) is 7.08. The minimum absolute atomic E-state index is 0.0322. The Morgan fingerprint density at radius 2 is 1.92 bits per heavy atom. The summed E-state index contributed by atoms with van der Waals surface area (Å²) < 4.78 is 2.26. The second-order valence-electron chi connectivity index (χ2n) is 7.08. The minimum Gasteiger partial charge on any atom is -0.314 e. The molecule has 1 aromatic carbocycles. The van der Waals surface area contributed by atoms with Crippen LogP contribution in [-0.2, 0) is 13.0 Å². The van der Waals surface area contributed by atoms with Gasteiger partial charge in [0, 0.05) is 25.2 Å². The maximum atomic E-state index is 12.8. The lowest BCUT2D eigenvalue weighted by Crippen LogP contribution is -2.35. The third-order valence-electron chi connectivity index (χ3n) is 5.25. The van der Waals surface area contributed by atoms with E-state index in [1.54, 1.807) is 0 Å². The Balaban J connectivity index is 1.53. The Morgan fingerprint density at radius 1 is 1.08 bits per heavy atom. The van der Waals surface area contributed by atoms with Crippen LogP contribution < -0.4 is 5.32 Å². The van der Waals surface area contributed by atoms with Crippen molar-refractivity contribution in [3.05, 3.63) is 41.5 Å². The third-order valence-corrected chi connectivity index (χ3v) is 5.25. The Labute approximate surface area is 148 Å². The van der Waals surface area contributed by atoms with Gasteiger partial charge in [-0.1, -0.05) is 24.1 Å². The monoisotopic (exact) mass is 339 g/mol. The van der Waals surface area contributed by atoms with E-state index < -0.39 is 0 Å². The number of hydrogen-bond donors (Lipinski definition) is 1. The Hall–Kier alpha value is -2.37. The van der Waals surface area contributed by atoms with Crippen LogP contribution in [0.15, 0.2) is 24.3 Å². The van der Waals surface area contributed by atoms with Gasteiger partial charge in [0.2, 0.25) is 0 Å². The summed E-state index contributed by atoms with van der Waals surface area (Å²) in [5, 5.41) is 11.9. The zero-order chi connectivity index (χ0) is 17.2. The van der Waals surface area contributed by atoms with Gasteiger partial charge in [-0.2, -0.15) is 0 Å². The van der Waals surface area contributed by atoms with Crippen molar-refractivity contribution in [2.45, 2.75) is 58.0 Å². The molecule has 0 radical (unpaired) electrons. The van der Waals surface area contributed by atoms with Crippen LogP contribution in [0.5, 0.6) is 0 Å². The van der Waals surface area contributed by atoms with Gasteiger partial charge < -0.3 is 14.8 Å². The van der Waals surface area contributed by atoms with Crippen LogP contribution in [0.2, 0.25) is 0 Å². The Kier molecular flexibility index (Phi) is 4.42. The number of aryl methyl sites for hydroxylation is 2. The van der Waals surface area contributed by atoms with Crippen LogP contribution in [0.3, 0.4) is 0 Å². The van der Waals surface area contributed by atoms with Crippen molar-refractivity contribution in [2.75, 3.05) is 11.9 Å². The summed E-state index contributed by atoms with van der Waals surface area (Å²) in [5.74, 6) is 2.05. The molecule has 0 saturated carbocycles. The van der Waals surface area contributed by atoms with Gasteiger partial charge in [-0.05, 0) is 44.7 Å². The lowest BCUT2D eigenvalue weighted by molar-refractivity contribution is 0.203. The summed E-state index contributed by atoms with van der Waals surface area (Å²) in [4.78, 5) is 14.7. The van der Waals surface area contributed by atoms with Crippen LogP contribution in [0, 0.1) is 6.92 Å². The molecular weight excluding hydrogens is 314 g/mol. The maximum Gasteiger partial charge on any atom is 0.322 e. The standard InChI is InChI=1S/C19H25N5O/c1-14-8-10-15(11-9-14)20-19(25)23-13-5-6-16(23)18-22-21-17-7-3-2-4-12-24(17)18/h8-11,16H,2-7,12-13H2,1H3,(H,20,25)/t16-/m0/s1. The molecule has 6 heteroatoms. The molecule has 2 aliphatic rings. The number of nitrogens with one attached hydrogen (secondary N) is 1. The average Bonchev–Trinajstić information content (AvgIpc) is 3.18. The topological polar surface area (TPSA) is 63.1 Å². The first-order chi connectivity index (χ1) is 12.2. The maximum absolute atomic E-state index is 12.8. The number of carbonyl (C=O) groups is 1. The van der Waals surface area contributed by atoms with Gasteiger partial charge in [-0.3, -0.25) is 0 Å². The number of hydrogen-bond acceptors (Lipinski definition) is 3. The lowest BCUT2D eigenvalue weighted by Gasteiger charge is -2.25. The molecule has 2 aliphatic heterocycles. The molecule has 25 heavy (non-hydrogen) atoms. The molecule has 3 heterocycles. The predicted octanol–water partition coefficient (Wildman–Crippen LogP) is 3.68. The van der Waals surface area contributed by atoms with E-state index >= 15 is 0 Å². The first kappa shape index (κ1) is 16.1. The fraction of sp³-hybridized carbons (Fsp3) is 0.526. The predicted molar refractivity (Wildman–Crippen MR) is 96.5 cm³/mol. The van der Waals surface area contributed by atoms with Gasteiger partial charge in [0.1, 0.15) is 5.82 Å². The van der Waals surface area contributed by atoms with Gasteiger partial charge >= 0.3 is 6.03 Å². The molecule has 0 unspecified atom stereocenters. The van der Waals surface area contributed by atoms with Crippen molar-refractivity contribution in [3.63, 3.8) is 0 Å². The molecule has 0 spiro atoms. The number of urea groups is 1. The van der Waals surface area contributed by atoms with Crippen LogP contribution in [0.4, 0.5) is 10.5 Å². The summed E-state index contributed by atoms with van der Waals surface area (Å²) in [7, 11) is 0. The number of amides is 2. The number of rotatable bonds is 2. The third kappa shape index (κ3) is 3.25. The molecule has 132 valence electrons. The van der Waals surface area contributed by atoms with Crippen molar-refractivity contribution < 1.29 is 4.79 Å². The molecule has 1 saturated heterocycles. The highest BCUT2D eigenvalue weighted by molar-refractivity contribution is 5.89. The molecule has 1 fully saturated rings. The molecule has 0 bridgehead atoms. The molecule has 1 N–H and O–H groups in total. The van der Waals surface area contributed by atoms with E-state index in [9.17, 15) is 4.79 Å². The Morgan fingerprint density at radius 3 is 2.76 bits per heavy atom. The van der Waals surface area contributed by atoms with Crippen molar-refractivity contribution >= 4 is 11.7 Å². The first-order valence-electron chi connectivity index (χ1n) is 9.28. The van der Waals surface area contributed by atoms with E-state index in [-0.39, 0.29) is 12.1 Å². The van der Waals surface area contributed by atoms with Gasteiger partial charge in [0.15, 0.2) is 5.82 Å². The zero-order valence-corrected chi connectivity index (χ0v) is 14.7. The van der Waals surface area contributed by atoms with E-state index in [0.717, 1.165) is 49.7 Å². The summed E-state index contributed by atoms with van der Waals surface area (Å²) >= 11 is 0. The van der Waals surface area contributed by atoms with Gasteiger partial charge in [0.05, 0.1) is 6.04 Å². The fourth-order valence-electron chi connectivity index (χ4n) is 3.86. The van der Waals surface area contributed by atoms with Crippen LogP contribution in [0.25, 0.3) is 0 Å². The van der Waals surface area contributed by atoms with Gasteiger partial charge in [0.25, 0.3) is 0 Å². The van der Waals surface area contributed by atoms with Crippen molar-refractivity contribution in [2.24, 2.45) is 0 Å². The normalized spacial score (nSPS) is 20.2. The van der Waals surface area contributed by atoms with E-state index in [4.69, 9.17) is 0 Å². The highest BCUT2D eigenvalue weighted by Gasteiger charge is 2.34. The fourth-order valence-corrected chi connectivity index (χ4v) is 3.86. The molecule has 4 rings (SSSR count). The smallest absolute Gasteiger partial charge is 0.314 e. The first-order valence-corrected chi connectivity index (χ1v) is 9.28. The molecule has 0 aliphatic carbocycles. The number of fused-ring (bicyclic) bond motifs is 1. The highest BCUT2D eigenvalue weighted by Crippen LogP contribution is 2.32. The largest absolute Gasteiger partial charge is 0.322 e. The summed E-state index contributed by atoms with van der Waals surface area (Å²) in [6, 6.07) is 7.90. The molecular formula is C19H25N5O. The zero-order valence-electron chi connectivity index (χ0n) is 14.7. The minimum atomic E-state index is -0.0441. The number of benzene rings is 1. The average molecular weight is 339 g/mol. The van der Waals surface area contributed by atoms with Crippen molar-refractivity contribution in [3.8, 4) is 0 Å².